The number of halogens is 4. The number of nitrogens with one attached hydrogen (secondary N) is 2. The first kappa shape index (κ1) is 48.5. The number of amides is 2. The first-order valence-corrected chi connectivity index (χ1v) is 24.1. The number of nitrogens with zero attached hydrogens (tertiary/aromatic N) is 12. The van der Waals surface area contributed by atoms with Crippen molar-refractivity contribution in [1.82, 2.24) is 58.3 Å². The highest BCUT2D eigenvalue weighted by Crippen LogP contribution is 2.39. The van der Waals surface area contributed by atoms with Crippen molar-refractivity contribution in [2.45, 2.75) is 41.2 Å². The fourth-order valence-corrected chi connectivity index (χ4v) is 9.89. The maximum atomic E-state index is 13.8. The minimum Gasteiger partial charge on any atom is -0.434 e. The first-order valence-electron chi connectivity index (χ1n) is 21.0. The Bertz CT molecular complexity index is 3740. The lowest BCUT2D eigenvalue weighted by atomic mass is 10.1. The zero-order valence-corrected chi connectivity index (χ0v) is 38.9. The Balaban J connectivity index is 0.953. The molecular weight excluding hydrogens is 997 g/mol. The van der Waals surface area contributed by atoms with Gasteiger partial charge in [0.1, 0.15) is 40.7 Å². The molecule has 7 aromatic heterocycles. The fourth-order valence-electron chi connectivity index (χ4n) is 7.33. The average molecular weight is 1030 g/mol. The zero-order chi connectivity index (χ0) is 50.9. The van der Waals surface area contributed by atoms with Crippen molar-refractivity contribution in [1.29, 1.82) is 0 Å². The molecule has 9 aromatic rings. The second kappa shape index (κ2) is 19.7. The van der Waals surface area contributed by atoms with Crippen LogP contribution in [0.1, 0.15) is 27.1 Å². The summed E-state index contributed by atoms with van der Waals surface area (Å²) in [6.45, 7) is -7.32. The second-order valence-corrected chi connectivity index (χ2v) is 19.5. The molecule has 0 radical (unpaired) electrons. The van der Waals surface area contributed by atoms with Crippen LogP contribution < -0.4 is 20.1 Å². The van der Waals surface area contributed by atoms with Crippen LogP contribution in [0.3, 0.4) is 0 Å². The van der Waals surface area contributed by atoms with Gasteiger partial charge in [-0.15, -0.1) is 0 Å². The molecule has 0 bridgehead atoms. The topological polar surface area (TPSA) is 268 Å². The van der Waals surface area contributed by atoms with E-state index < -0.39 is 68.7 Å². The molecule has 23 nitrogen and oxygen atoms in total. The van der Waals surface area contributed by atoms with Gasteiger partial charge >= 0.3 is 13.2 Å². The molecule has 372 valence electrons. The Kier molecular flexibility index (Phi) is 13.2. The highest BCUT2D eigenvalue weighted by Gasteiger charge is 2.28. The van der Waals surface area contributed by atoms with Gasteiger partial charge in [0, 0.05) is 69.0 Å². The van der Waals surface area contributed by atoms with Crippen molar-refractivity contribution in [3.63, 3.8) is 0 Å². The van der Waals surface area contributed by atoms with Crippen LogP contribution in [0, 0.1) is 0 Å². The third-order valence-corrected chi connectivity index (χ3v) is 14.0. The lowest BCUT2D eigenvalue weighted by Gasteiger charge is -2.13. The number of sulfone groups is 2. The number of fused-ring (bicyclic) bond motifs is 2. The van der Waals surface area contributed by atoms with Gasteiger partial charge in [-0.05, 0) is 55.0 Å². The summed E-state index contributed by atoms with van der Waals surface area (Å²) in [6.07, 6.45) is 13.6. The van der Waals surface area contributed by atoms with Crippen molar-refractivity contribution in [2.75, 3.05) is 23.0 Å². The lowest BCUT2D eigenvalue weighted by molar-refractivity contribution is -0.0501. The van der Waals surface area contributed by atoms with Gasteiger partial charge in [-0.1, -0.05) is 0 Å². The summed E-state index contributed by atoms with van der Waals surface area (Å²) < 4.78 is 132. The molecule has 2 aromatic carbocycles. The Hall–Kier alpha value is -8.57. The highest BCUT2D eigenvalue weighted by atomic mass is 32.2. The van der Waals surface area contributed by atoms with Gasteiger partial charge in [0.2, 0.25) is 9.84 Å². The molecular formula is C43H36F4N14O9S2. The normalized spacial score (nSPS) is 12.1. The van der Waals surface area contributed by atoms with Gasteiger partial charge < -0.3 is 29.4 Å². The fraction of sp³-hybridized carbons (Fsp3) is 0.186. The van der Waals surface area contributed by atoms with Crippen LogP contribution in [0.5, 0.6) is 11.5 Å². The van der Waals surface area contributed by atoms with E-state index in [4.69, 9.17) is 14.2 Å². The van der Waals surface area contributed by atoms with Crippen molar-refractivity contribution < 1.29 is 58.2 Å². The number of anilines is 2. The van der Waals surface area contributed by atoms with E-state index in [1.54, 1.807) is 31.6 Å². The number of aromatic nitrogens is 12. The van der Waals surface area contributed by atoms with E-state index in [1.807, 2.05) is 0 Å². The van der Waals surface area contributed by atoms with Gasteiger partial charge in [-0.25, -0.2) is 45.5 Å². The number of carbonyl (C=O) groups excluding carboxylic acids is 2. The molecule has 2 N–H and O–H groups in total. The molecule has 0 aliphatic rings. The van der Waals surface area contributed by atoms with E-state index in [0.29, 0.717) is 0 Å². The Morgan fingerprint density at radius 2 is 1.26 bits per heavy atom. The molecule has 0 atom stereocenters. The molecule has 0 aliphatic carbocycles. The average Bonchev–Trinajstić information content (AvgIpc) is 4.20. The highest BCUT2D eigenvalue weighted by molar-refractivity contribution is 7.91. The molecule has 2 amide bonds. The van der Waals surface area contributed by atoms with E-state index in [1.165, 1.54) is 75.0 Å². The summed E-state index contributed by atoms with van der Waals surface area (Å²) in [5.74, 6) is -2.89. The van der Waals surface area contributed by atoms with Crippen LogP contribution in [0.25, 0.3) is 33.8 Å². The number of aryl methyl sites for hydroxylation is 2. The summed E-state index contributed by atoms with van der Waals surface area (Å²) in [4.78, 5) is 38.7. The molecule has 0 aliphatic heterocycles. The number of hydrogen-bond acceptors (Lipinski definition) is 16. The molecule has 29 heteroatoms. The van der Waals surface area contributed by atoms with Gasteiger partial charge in [0.05, 0.1) is 51.8 Å². The number of imidazole rings is 1. The van der Waals surface area contributed by atoms with E-state index >= 15 is 0 Å². The van der Waals surface area contributed by atoms with Gasteiger partial charge in [0.25, 0.3) is 11.8 Å². The minimum absolute atomic E-state index is 0.00945. The Labute approximate surface area is 403 Å². The maximum absolute atomic E-state index is 13.8. The molecule has 0 spiro atoms. The maximum Gasteiger partial charge on any atom is 0.387 e. The molecule has 0 saturated carbocycles. The van der Waals surface area contributed by atoms with Crippen LogP contribution in [0.4, 0.5) is 28.9 Å². The largest absolute Gasteiger partial charge is 0.434 e. The Morgan fingerprint density at radius 3 is 1.83 bits per heavy atom. The quantitative estimate of drug-likeness (QED) is 0.0783. The molecule has 7 heterocycles. The van der Waals surface area contributed by atoms with Crippen molar-refractivity contribution in [3.05, 3.63) is 122 Å². The van der Waals surface area contributed by atoms with E-state index in [-0.39, 0.29) is 84.2 Å². The van der Waals surface area contributed by atoms with Gasteiger partial charge in [0.15, 0.2) is 26.2 Å². The van der Waals surface area contributed by atoms with Crippen LogP contribution in [-0.4, -0.2) is 113 Å². The second-order valence-electron chi connectivity index (χ2n) is 15.5. The summed E-state index contributed by atoms with van der Waals surface area (Å²) >= 11 is 0. The van der Waals surface area contributed by atoms with Crippen LogP contribution in [0.2, 0.25) is 0 Å². The number of ether oxygens (including phenoxy) is 3. The van der Waals surface area contributed by atoms with Crippen molar-refractivity contribution in [2.24, 2.45) is 14.1 Å². The lowest BCUT2D eigenvalue weighted by Crippen LogP contribution is -2.13. The smallest absolute Gasteiger partial charge is 0.387 e. The Morgan fingerprint density at radius 1 is 0.708 bits per heavy atom. The standard InChI is InChI=1S/C43H36F4N14O9S2/c1-57-22-35(50-23-57)72(66,67)26-7-9-34(70-43(46)47)28(17-26)37-32(54-41(63)30-19-52-61-13-4-11-49-39(30)61)21-59(56-37)24-68-14-5-15-71(64,65)25-6-8-33(69-42(44)45)27(16-25)36-31(20-58(2)55-36)53-40(62)29-18-51-60-12-3-10-48-38(29)60/h3-4,6-13,16-23,42-43H,5,14-15,24H2,1-2H3,(H,53,62)(H,54,63). The summed E-state index contributed by atoms with van der Waals surface area (Å²) in [7, 11) is -5.46. The van der Waals surface area contributed by atoms with Crippen LogP contribution in [-0.2, 0) is 45.2 Å². The predicted octanol–water partition coefficient (Wildman–Crippen LogP) is 5.15. The van der Waals surface area contributed by atoms with Crippen LogP contribution >= 0.6 is 0 Å². The van der Waals surface area contributed by atoms with Crippen molar-refractivity contribution in [3.8, 4) is 34.0 Å². The molecule has 0 fully saturated rings. The third-order valence-electron chi connectivity index (χ3n) is 10.5. The van der Waals surface area contributed by atoms with E-state index in [2.05, 4.69) is 46.0 Å². The monoisotopic (exact) mass is 1030 g/mol. The number of hydrogen-bond donors (Lipinski definition) is 2. The minimum atomic E-state index is -4.33. The number of carbonyl (C=O) groups is 2. The van der Waals surface area contributed by atoms with Gasteiger partial charge in [-0.3, -0.25) is 14.3 Å². The molecule has 0 unspecified atom stereocenters. The SMILES string of the molecule is Cn1cnc(S(=O)(=O)c2ccc(OC(F)F)c(-c3nn(COCCCS(=O)(=O)c4ccc(OC(F)F)c(-c5nn(C)cc5NC(=O)c5cnn6cccnc56)c4)cc3NC(=O)c3cnn4cccnc34)c2)c1. The van der Waals surface area contributed by atoms with Gasteiger partial charge in [-0.2, -0.15) is 38.0 Å². The van der Waals surface area contributed by atoms with E-state index in [0.717, 1.165) is 41.1 Å². The first-order chi connectivity index (χ1) is 34.4. The summed E-state index contributed by atoms with van der Waals surface area (Å²) in [6, 6.07) is 9.51. The summed E-state index contributed by atoms with van der Waals surface area (Å²) in [5, 5.41) is 21.9. The number of rotatable bonds is 19. The molecule has 9 rings (SSSR count). The zero-order valence-electron chi connectivity index (χ0n) is 37.2. The van der Waals surface area contributed by atoms with Crippen molar-refractivity contribution >= 4 is 54.2 Å². The number of benzene rings is 2. The number of alkyl halides is 4. The predicted molar refractivity (Wildman–Crippen MR) is 243 cm³/mol. The molecule has 0 saturated heterocycles. The third kappa shape index (κ3) is 10.0. The van der Waals surface area contributed by atoms with Crippen LogP contribution in [0.15, 0.2) is 125 Å². The molecule has 72 heavy (non-hydrogen) atoms. The summed E-state index contributed by atoms with van der Waals surface area (Å²) in [5.41, 5.74) is -0.383. The van der Waals surface area contributed by atoms with E-state index in [9.17, 15) is 44.0 Å².